The molecule has 2 nitrogen and oxygen atoms in total. The normalized spacial score (nSPS) is 10.8. The number of aryl methyl sites for hydroxylation is 1. The first kappa shape index (κ1) is 13.5. The molecule has 0 unspecified atom stereocenters. The van der Waals surface area contributed by atoms with Crippen LogP contribution in [0.3, 0.4) is 0 Å². The third-order valence-electron chi connectivity index (χ3n) is 3.85. The molecule has 0 bridgehead atoms. The lowest BCUT2D eigenvalue weighted by Gasteiger charge is -2.26. The van der Waals surface area contributed by atoms with Gasteiger partial charge in [-0.3, -0.25) is 0 Å². The van der Waals surface area contributed by atoms with Gasteiger partial charge in [0.25, 0.3) is 0 Å². The van der Waals surface area contributed by atoms with Crippen LogP contribution in [0, 0.1) is 6.92 Å². The van der Waals surface area contributed by atoms with E-state index >= 15 is 0 Å². The Kier molecular flexibility index (Phi) is 3.53. The lowest BCUT2D eigenvalue weighted by Crippen LogP contribution is -2.18. The fraction of sp³-hybridized carbons (Fsp3) is 0.158. The number of hydrogen-bond donors (Lipinski definition) is 1. The fourth-order valence-electron chi connectivity index (χ4n) is 2.80. The van der Waals surface area contributed by atoms with Crippen LogP contribution in [0.1, 0.15) is 12.5 Å². The Morgan fingerprint density at radius 2 is 1.67 bits per heavy atom. The van der Waals surface area contributed by atoms with Crippen LogP contribution in [0.5, 0.6) is 0 Å². The summed E-state index contributed by atoms with van der Waals surface area (Å²) in [6.45, 7) is 5.13. The average Bonchev–Trinajstić information content (AvgIpc) is 2.51. The van der Waals surface area contributed by atoms with Crippen molar-refractivity contribution in [2.24, 2.45) is 0 Å². The molecule has 0 saturated heterocycles. The molecule has 3 aromatic carbocycles. The summed E-state index contributed by atoms with van der Waals surface area (Å²) in [7, 11) is 0. The van der Waals surface area contributed by atoms with Gasteiger partial charge in [-0.2, -0.15) is 0 Å². The van der Waals surface area contributed by atoms with Gasteiger partial charge in [0.05, 0.1) is 11.4 Å². The van der Waals surface area contributed by atoms with Gasteiger partial charge >= 0.3 is 0 Å². The van der Waals surface area contributed by atoms with Crippen LogP contribution in [-0.4, -0.2) is 6.54 Å². The first-order chi connectivity index (χ1) is 10.2. The third kappa shape index (κ3) is 2.45. The van der Waals surface area contributed by atoms with Gasteiger partial charge in [-0.05, 0) is 43.0 Å². The molecule has 21 heavy (non-hydrogen) atoms. The highest BCUT2D eigenvalue weighted by Gasteiger charge is 2.13. The molecule has 3 aromatic rings. The molecule has 0 radical (unpaired) electrons. The van der Waals surface area contributed by atoms with Crippen LogP contribution in [0.15, 0.2) is 60.7 Å². The van der Waals surface area contributed by atoms with Crippen LogP contribution < -0.4 is 10.6 Å². The zero-order valence-corrected chi connectivity index (χ0v) is 12.5. The third-order valence-corrected chi connectivity index (χ3v) is 3.85. The van der Waals surface area contributed by atoms with Gasteiger partial charge in [0.2, 0.25) is 0 Å². The Balaban J connectivity index is 2.21. The quantitative estimate of drug-likeness (QED) is 0.690. The zero-order valence-electron chi connectivity index (χ0n) is 12.5. The van der Waals surface area contributed by atoms with E-state index in [2.05, 4.69) is 73.3 Å². The molecule has 0 saturated carbocycles. The molecule has 106 valence electrons. The first-order valence-electron chi connectivity index (χ1n) is 7.32. The SMILES string of the molecule is CCN(c1cc(C)ccc1N)c1cccc2ccccc12. The Hall–Kier alpha value is -2.48. The van der Waals surface area contributed by atoms with E-state index in [1.807, 2.05) is 6.07 Å². The summed E-state index contributed by atoms with van der Waals surface area (Å²) in [5, 5.41) is 2.50. The maximum absolute atomic E-state index is 6.21. The predicted molar refractivity (Wildman–Crippen MR) is 92.2 cm³/mol. The highest BCUT2D eigenvalue weighted by atomic mass is 15.1. The fourth-order valence-corrected chi connectivity index (χ4v) is 2.80. The minimum atomic E-state index is 0.815. The summed E-state index contributed by atoms with van der Waals surface area (Å²) in [6.07, 6.45) is 0. The van der Waals surface area contributed by atoms with Gasteiger partial charge in [-0.15, -0.1) is 0 Å². The molecule has 0 aliphatic rings. The Labute approximate surface area is 125 Å². The number of benzene rings is 3. The lowest BCUT2D eigenvalue weighted by atomic mass is 10.1. The summed E-state index contributed by atoms with van der Waals surface area (Å²) in [5.74, 6) is 0. The van der Waals surface area contributed by atoms with Crippen LogP contribution in [0.4, 0.5) is 17.1 Å². The predicted octanol–water partition coefficient (Wildman–Crippen LogP) is 4.89. The summed E-state index contributed by atoms with van der Waals surface area (Å²) < 4.78 is 0. The topological polar surface area (TPSA) is 29.3 Å². The molecular formula is C19H20N2. The smallest absolute Gasteiger partial charge is 0.0647 e. The Morgan fingerprint density at radius 3 is 2.48 bits per heavy atom. The van der Waals surface area contributed by atoms with E-state index in [1.54, 1.807) is 0 Å². The number of nitrogens with zero attached hydrogens (tertiary/aromatic N) is 1. The van der Waals surface area contributed by atoms with Gasteiger partial charge in [0, 0.05) is 17.6 Å². The number of anilines is 3. The minimum absolute atomic E-state index is 0.815. The first-order valence-corrected chi connectivity index (χ1v) is 7.32. The van der Waals surface area contributed by atoms with E-state index in [0.29, 0.717) is 0 Å². The van der Waals surface area contributed by atoms with Crippen LogP contribution in [0.2, 0.25) is 0 Å². The van der Waals surface area contributed by atoms with Crippen LogP contribution >= 0.6 is 0 Å². The Bertz CT molecular complexity index is 772. The highest BCUT2D eigenvalue weighted by molar-refractivity contribution is 5.97. The maximum atomic E-state index is 6.21. The van der Waals surface area contributed by atoms with Crippen molar-refractivity contribution in [1.82, 2.24) is 0 Å². The minimum Gasteiger partial charge on any atom is -0.397 e. The molecule has 0 fully saturated rings. The average molecular weight is 276 g/mol. The van der Waals surface area contributed by atoms with Gasteiger partial charge in [-0.25, -0.2) is 0 Å². The number of hydrogen-bond acceptors (Lipinski definition) is 2. The van der Waals surface area contributed by atoms with Crippen molar-refractivity contribution in [3.63, 3.8) is 0 Å². The largest absolute Gasteiger partial charge is 0.397 e. The molecule has 0 aliphatic carbocycles. The van der Waals surface area contributed by atoms with Crippen molar-refractivity contribution in [2.45, 2.75) is 13.8 Å². The van der Waals surface area contributed by atoms with E-state index < -0.39 is 0 Å². The van der Waals surface area contributed by atoms with E-state index in [-0.39, 0.29) is 0 Å². The number of fused-ring (bicyclic) bond motifs is 1. The molecule has 0 heterocycles. The van der Waals surface area contributed by atoms with Gasteiger partial charge in [0.15, 0.2) is 0 Å². The van der Waals surface area contributed by atoms with Crippen LogP contribution in [0.25, 0.3) is 10.8 Å². The summed E-state index contributed by atoms with van der Waals surface area (Å²) in [4.78, 5) is 2.28. The van der Waals surface area contributed by atoms with Crippen molar-refractivity contribution < 1.29 is 0 Å². The molecular weight excluding hydrogens is 256 g/mol. The van der Waals surface area contributed by atoms with E-state index in [1.165, 1.54) is 22.0 Å². The molecule has 0 amide bonds. The number of nitrogens with two attached hydrogens (primary N) is 1. The van der Waals surface area contributed by atoms with Crippen LogP contribution in [-0.2, 0) is 0 Å². The van der Waals surface area contributed by atoms with E-state index in [9.17, 15) is 0 Å². The van der Waals surface area contributed by atoms with Crippen molar-refractivity contribution >= 4 is 27.8 Å². The number of rotatable bonds is 3. The van der Waals surface area contributed by atoms with Crippen molar-refractivity contribution in [3.05, 3.63) is 66.2 Å². The second kappa shape index (κ2) is 5.49. The molecule has 2 heteroatoms. The molecule has 0 spiro atoms. The van der Waals surface area contributed by atoms with E-state index in [4.69, 9.17) is 5.73 Å². The van der Waals surface area contributed by atoms with Gasteiger partial charge in [-0.1, -0.05) is 42.5 Å². The van der Waals surface area contributed by atoms with E-state index in [0.717, 1.165) is 17.9 Å². The van der Waals surface area contributed by atoms with Gasteiger partial charge in [0.1, 0.15) is 0 Å². The van der Waals surface area contributed by atoms with Crippen molar-refractivity contribution in [3.8, 4) is 0 Å². The van der Waals surface area contributed by atoms with Gasteiger partial charge < -0.3 is 10.6 Å². The molecule has 0 aromatic heterocycles. The molecule has 0 aliphatic heterocycles. The summed E-state index contributed by atoms with van der Waals surface area (Å²) in [5.41, 5.74) is 10.5. The molecule has 0 atom stereocenters. The van der Waals surface area contributed by atoms with Crippen molar-refractivity contribution in [2.75, 3.05) is 17.2 Å². The lowest BCUT2D eigenvalue weighted by molar-refractivity contribution is 1.03. The van der Waals surface area contributed by atoms with Crippen molar-refractivity contribution in [1.29, 1.82) is 0 Å². The molecule has 2 N–H and O–H groups in total. The standard InChI is InChI=1S/C19H20N2/c1-3-21(19-13-14(2)11-12-17(19)20)18-10-6-8-15-7-4-5-9-16(15)18/h4-13H,3,20H2,1-2H3. The molecule has 3 rings (SSSR count). The second-order valence-electron chi connectivity index (χ2n) is 5.30. The highest BCUT2D eigenvalue weighted by Crippen LogP contribution is 2.35. The number of nitrogen functional groups attached to an aromatic ring is 1. The maximum Gasteiger partial charge on any atom is 0.0647 e. The zero-order chi connectivity index (χ0) is 14.8. The summed E-state index contributed by atoms with van der Waals surface area (Å²) in [6, 6.07) is 21.1. The monoisotopic (exact) mass is 276 g/mol. The second-order valence-corrected chi connectivity index (χ2v) is 5.30. The summed E-state index contributed by atoms with van der Waals surface area (Å²) >= 11 is 0. The Morgan fingerprint density at radius 1 is 0.905 bits per heavy atom.